The number of hydrogen-bond acceptors (Lipinski definition) is 4. The minimum Gasteiger partial charge on any atom is -0.409 e. The van der Waals surface area contributed by atoms with Crippen molar-refractivity contribution in [3.8, 4) is 0 Å². The molecule has 5 nitrogen and oxygen atoms in total. The van der Waals surface area contributed by atoms with E-state index in [0.717, 1.165) is 0 Å². The largest absolute Gasteiger partial charge is 0.409 e. The van der Waals surface area contributed by atoms with Gasteiger partial charge in [-0.3, -0.25) is 0 Å². The summed E-state index contributed by atoms with van der Waals surface area (Å²) in [5.41, 5.74) is 4.87. The van der Waals surface area contributed by atoms with Crippen molar-refractivity contribution in [3.63, 3.8) is 0 Å². The van der Waals surface area contributed by atoms with Crippen LogP contribution >= 0.6 is 0 Å². The van der Waals surface area contributed by atoms with E-state index in [0.29, 0.717) is 13.0 Å². The van der Waals surface area contributed by atoms with Crippen LogP contribution in [0.5, 0.6) is 0 Å². The molecule has 0 rings (SSSR count). The van der Waals surface area contributed by atoms with E-state index in [1.165, 1.54) is 0 Å². The Morgan fingerprint density at radius 3 is 2.44 bits per heavy atom. The normalized spacial score (nSPS) is 14.2. The zero-order chi connectivity index (χ0) is 12.8. The van der Waals surface area contributed by atoms with Crippen LogP contribution in [0, 0.1) is 5.41 Å². The SMILES string of the molecule is CC(C)(CCNCC(F)(F)CO)C(N)=NO. The number of alkyl halides is 2. The third kappa shape index (κ3) is 5.22. The minimum absolute atomic E-state index is 0.0585. The fraction of sp³-hybridized carbons (Fsp3) is 0.889. The number of hydrogen-bond donors (Lipinski definition) is 4. The highest BCUT2D eigenvalue weighted by atomic mass is 19.3. The second-order valence-electron chi connectivity index (χ2n) is 4.31. The van der Waals surface area contributed by atoms with Crippen LogP contribution < -0.4 is 11.1 Å². The lowest BCUT2D eigenvalue weighted by Crippen LogP contribution is -2.39. The molecular weight excluding hydrogens is 220 g/mol. The molecule has 0 bridgehead atoms. The third-order valence-corrected chi connectivity index (χ3v) is 2.34. The van der Waals surface area contributed by atoms with Crippen molar-refractivity contribution < 1.29 is 19.1 Å². The Balaban J connectivity index is 3.91. The molecule has 0 unspecified atom stereocenters. The van der Waals surface area contributed by atoms with Gasteiger partial charge in [0.05, 0.1) is 6.54 Å². The van der Waals surface area contributed by atoms with Crippen molar-refractivity contribution in [2.75, 3.05) is 19.7 Å². The van der Waals surface area contributed by atoms with Crippen molar-refractivity contribution in [3.05, 3.63) is 0 Å². The molecule has 0 spiro atoms. The standard InChI is InChI=1S/C9H19F2N3O2/c1-8(2,7(12)14-16)3-4-13-5-9(10,11)6-15/h13,15-16H,3-6H2,1-2H3,(H2,12,14). The monoisotopic (exact) mass is 239 g/mol. The van der Waals surface area contributed by atoms with Gasteiger partial charge in [0.15, 0.2) is 0 Å². The van der Waals surface area contributed by atoms with Crippen molar-refractivity contribution in [1.82, 2.24) is 5.32 Å². The first-order valence-electron chi connectivity index (χ1n) is 4.92. The average Bonchev–Trinajstić information content (AvgIpc) is 2.23. The van der Waals surface area contributed by atoms with E-state index < -0.39 is 24.5 Å². The van der Waals surface area contributed by atoms with Gasteiger partial charge >= 0.3 is 0 Å². The molecule has 0 radical (unpaired) electrons. The molecule has 0 aromatic heterocycles. The number of rotatable bonds is 7. The van der Waals surface area contributed by atoms with Crippen LogP contribution in [0.25, 0.3) is 0 Å². The highest BCUT2D eigenvalue weighted by molar-refractivity contribution is 5.85. The zero-order valence-corrected chi connectivity index (χ0v) is 9.50. The summed E-state index contributed by atoms with van der Waals surface area (Å²) >= 11 is 0. The number of nitrogens with two attached hydrogens (primary N) is 1. The molecule has 96 valence electrons. The van der Waals surface area contributed by atoms with Crippen molar-refractivity contribution in [2.24, 2.45) is 16.3 Å². The van der Waals surface area contributed by atoms with Crippen LogP contribution in [-0.4, -0.2) is 41.8 Å². The van der Waals surface area contributed by atoms with Gasteiger partial charge in [0.1, 0.15) is 12.4 Å². The number of nitrogens with zero attached hydrogens (tertiary/aromatic N) is 1. The molecule has 0 aliphatic heterocycles. The molecule has 7 heteroatoms. The Bertz CT molecular complexity index is 245. The summed E-state index contributed by atoms with van der Waals surface area (Å²) in [4.78, 5) is 0. The number of aliphatic hydroxyl groups is 1. The average molecular weight is 239 g/mol. The van der Waals surface area contributed by atoms with E-state index in [1.54, 1.807) is 13.8 Å². The topological polar surface area (TPSA) is 90.9 Å². The lowest BCUT2D eigenvalue weighted by molar-refractivity contribution is -0.0476. The maximum atomic E-state index is 12.6. The van der Waals surface area contributed by atoms with Gasteiger partial charge in [-0.25, -0.2) is 8.78 Å². The van der Waals surface area contributed by atoms with Gasteiger partial charge in [0.2, 0.25) is 0 Å². The minimum atomic E-state index is -3.11. The van der Waals surface area contributed by atoms with Crippen molar-refractivity contribution in [1.29, 1.82) is 0 Å². The Labute approximate surface area is 93.3 Å². The number of halogens is 2. The number of amidine groups is 1. The molecule has 0 amide bonds. The van der Waals surface area contributed by atoms with Crippen molar-refractivity contribution >= 4 is 5.84 Å². The summed E-state index contributed by atoms with van der Waals surface area (Å²) in [7, 11) is 0. The summed E-state index contributed by atoms with van der Waals surface area (Å²) in [5.74, 6) is -3.05. The predicted molar refractivity (Wildman–Crippen MR) is 56.7 cm³/mol. The maximum Gasteiger partial charge on any atom is 0.282 e. The summed E-state index contributed by atoms with van der Waals surface area (Å²) in [6, 6.07) is 0. The second kappa shape index (κ2) is 5.95. The van der Waals surface area contributed by atoms with Crippen LogP contribution in [0.1, 0.15) is 20.3 Å². The molecule has 0 fully saturated rings. The molecule has 0 saturated heterocycles. The van der Waals surface area contributed by atoms with E-state index in [4.69, 9.17) is 16.0 Å². The molecule has 0 aromatic carbocycles. The number of nitrogens with one attached hydrogen (secondary N) is 1. The second-order valence-corrected chi connectivity index (χ2v) is 4.31. The van der Waals surface area contributed by atoms with Crippen molar-refractivity contribution in [2.45, 2.75) is 26.2 Å². The maximum absolute atomic E-state index is 12.6. The van der Waals surface area contributed by atoms with Crippen LogP contribution in [0.15, 0.2) is 5.16 Å². The molecule has 0 aromatic rings. The smallest absolute Gasteiger partial charge is 0.282 e. The van der Waals surface area contributed by atoms with E-state index in [2.05, 4.69) is 10.5 Å². The summed E-state index contributed by atoms with van der Waals surface area (Å²) in [6.45, 7) is 2.01. The first-order valence-corrected chi connectivity index (χ1v) is 4.92. The first-order chi connectivity index (χ1) is 7.25. The zero-order valence-electron chi connectivity index (χ0n) is 9.50. The molecule has 0 aliphatic carbocycles. The fourth-order valence-electron chi connectivity index (χ4n) is 0.991. The van der Waals surface area contributed by atoms with E-state index in [9.17, 15) is 8.78 Å². The first kappa shape index (κ1) is 15.0. The predicted octanol–water partition coefficient (Wildman–Crippen LogP) is 0.366. The highest BCUT2D eigenvalue weighted by Gasteiger charge is 2.28. The Hall–Kier alpha value is -0.950. The van der Waals surface area contributed by atoms with Crippen LogP contribution in [0.3, 0.4) is 0 Å². The number of aliphatic hydroxyl groups excluding tert-OH is 1. The summed E-state index contributed by atoms with van der Waals surface area (Å²) in [5, 5.41) is 22.2. The quantitative estimate of drug-likeness (QED) is 0.170. The fourth-order valence-corrected chi connectivity index (χ4v) is 0.991. The van der Waals surface area contributed by atoms with Gasteiger partial charge in [-0.1, -0.05) is 19.0 Å². The Kier molecular flexibility index (Phi) is 5.60. The van der Waals surface area contributed by atoms with Gasteiger partial charge in [0, 0.05) is 5.41 Å². The van der Waals surface area contributed by atoms with E-state index in [-0.39, 0.29) is 5.84 Å². The molecule has 0 heterocycles. The molecule has 0 atom stereocenters. The van der Waals surface area contributed by atoms with Gasteiger partial charge < -0.3 is 21.4 Å². The summed E-state index contributed by atoms with van der Waals surface area (Å²) in [6.07, 6.45) is 0.449. The van der Waals surface area contributed by atoms with E-state index >= 15 is 0 Å². The van der Waals surface area contributed by atoms with Gasteiger partial charge in [0.25, 0.3) is 5.92 Å². The molecule has 5 N–H and O–H groups in total. The van der Waals surface area contributed by atoms with Crippen LogP contribution in [-0.2, 0) is 0 Å². The highest BCUT2D eigenvalue weighted by Crippen LogP contribution is 2.19. The van der Waals surface area contributed by atoms with Gasteiger partial charge in [-0.15, -0.1) is 0 Å². The molecule has 0 aliphatic rings. The Morgan fingerprint density at radius 1 is 1.44 bits per heavy atom. The van der Waals surface area contributed by atoms with Crippen LogP contribution in [0.4, 0.5) is 8.78 Å². The Morgan fingerprint density at radius 2 is 2.00 bits per heavy atom. The van der Waals surface area contributed by atoms with Gasteiger partial charge in [-0.2, -0.15) is 0 Å². The molecule has 16 heavy (non-hydrogen) atoms. The lowest BCUT2D eigenvalue weighted by Gasteiger charge is -2.23. The molecule has 0 saturated carbocycles. The third-order valence-electron chi connectivity index (χ3n) is 2.34. The number of oxime groups is 1. The van der Waals surface area contributed by atoms with Gasteiger partial charge in [-0.05, 0) is 13.0 Å². The lowest BCUT2D eigenvalue weighted by atomic mass is 9.88. The van der Waals surface area contributed by atoms with Crippen LogP contribution in [0.2, 0.25) is 0 Å². The summed E-state index contributed by atoms with van der Waals surface area (Å²) < 4.78 is 25.2. The van der Waals surface area contributed by atoms with E-state index in [1.807, 2.05) is 0 Å². The molecular formula is C9H19F2N3O2.